The van der Waals surface area contributed by atoms with E-state index in [0.29, 0.717) is 31.5 Å². The summed E-state index contributed by atoms with van der Waals surface area (Å²) in [6, 6.07) is 13.1. The number of rotatable bonds is 9. The Bertz CT molecular complexity index is 1090. The van der Waals surface area contributed by atoms with Crippen molar-refractivity contribution < 1.29 is 18.4 Å². The zero-order valence-corrected chi connectivity index (χ0v) is 22.9. The quantitative estimate of drug-likeness (QED) is 0.495. The third kappa shape index (κ3) is 7.30. The van der Waals surface area contributed by atoms with Crippen molar-refractivity contribution >= 4 is 24.2 Å². The lowest BCUT2D eigenvalue weighted by Crippen LogP contribution is -2.53. The molecule has 2 aromatic carbocycles. The van der Waals surface area contributed by atoms with E-state index in [1.807, 2.05) is 32.0 Å². The number of nitrogens with two attached hydrogens (primary N) is 1. The number of carbonyl (C=O) groups is 2. The van der Waals surface area contributed by atoms with Crippen molar-refractivity contribution in [3.05, 3.63) is 71.3 Å². The van der Waals surface area contributed by atoms with Crippen molar-refractivity contribution in [1.82, 2.24) is 15.1 Å². The fourth-order valence-corrected chi connectivity index (χ4v) is 5.67. The van der Waals surface area contributed by atoms with Gasteiger partial charge in [-0.15, -0.1) is 12.4 Å². The second kappa shape index (κ2) is 13.5. The molecule has 0 aromatic heterocycles. The second-order valence-electron chi connectivity index (χ2n) is 10.8. The van der Waals surface area contributed by atoms with Gasteiger partial charge in [-0.05, 0) is 61.3 Å². The Labute approximate surface area is 230 Å². The number of benzene rings is 2. The molecule has 4 atom stereocenters. The molecule has 38 heavy (non-hydrogen) atoms. The molecule has 0 radical (unpaired) electrons. The minimum atomic E-state index is -0.951. The standard InChI is InChI=1S/C29H38F2N4O2.ClH/c1-19(2)14-26(28(36)33-17-21-9-11-24(30)25(31)15-21)34-13-12-23(10-8-20-6-4-3-5-7-20)35-18-22(32)16-27(35)29(34)37;/h3-7,9,11,15,19,22-23,26-27H,8,10,12-14,16-18,32H2,1-2H3,(H,33,36);1H/t22-,23?,26-,27+;/m1./s1. The molecule has 0 spiro atoms. The van der Waals surface area contributed by atoms with Crippen LogP contribution in [0.4, 0.5) is 8.78 Å². The summed E-state index contributed by atoms with van der Waals surface area (Å²) in [7, 11) is 0. The third-order valence-electron chi connectivity index (χ3n) is 7.55. The number of halogens is 3. The number of carbonyl (C=O) groups excluding carboxylic acids is 2. The Hall–Kier alpha value is -2.55. The van der Waals surface area contributed by atoms with E-state index in [9.17, 15) is 18.4 Å². The van der Waals surface area contributed by atoms with Crippen molar-refractivity contribution in [1.29, 1.82) is 0 Å². The maximum atomic E-state index is 13.8. The highest BCUT2D eigenvalue weighted by Crippen LogP contribution is 2.30. The smallest absolute Gasteiger partial charge is 0.243 e. The van der Waals surface area contributed by atoms with Crippen LogP contribution in [0.15, 0.2) is 48.5 Å². The lowest BCUT2D eigenvalue weighted by molar-refractivity contribution is -0.143. The summed E-state index contributed by atoms with van der Waals surface area (Å²) in [6.45, 7) is 5.29. The van der Waals surface area contributed by atoms with E-state index < -0.39 is 17.7 Å². The summed E-state index contributed by atoms with van der Waals surface area (Å²) in [5, 5.41) is 2.86. The highest BCUT2D eigenvalue weighted by molar-refractivity contribution is 5.90. The number of hydrogen-bond donors (Lipinski definition) is 2. The Kier molecular flexibility index (Phi) is 10.7. The van der Waals surface area contributed by atoms with E-state index in [-0.39, 0.29) is 54.8 Å². The maximum Gasteiger partial charge on any atom is 0.243 e. The van der Waals surface area contributed by atoms with E-state index in [4.69, 9.17) is 5.73 Å². The Balaban J connectivity index is 0.00000400. The molecule has 3 N–H and O–H groups in total. The molecule has 2 aliphatic heterocycles. The molecule has 0 saturated carbocycles. The van der Waals surface area contributed by atoms with Crippen molar-refractivity contribution in [2.75, 3.05) is 13.1 Å². The molecule has 208 valence electrons. The largest absolute Gasteiger partial charge is 0.350 e. The summed E-state index contributed by atoms with van der Waals surface area (Å²) < 4.78 is 26.9. The molecular weight excluding hydrogens is 510 g/mol. The average molecular weight is 549 g/mol. The van der Waals surface area contributed by atoms with E-state index in [1.54, 1.807) is 4.90 Å². The van der Waals surface area contributed by atoms with Crippen LogP contribution >= 0.6 is 12.4 Å². The first-order valence-corrected chi connectivity index (χ1v) is 13.3. The van der Waals surface area contributed by atoms with Gasteiger partial charge in [-0.1, -0.05) is 50.2 Å². The van der Waals surface area contributed by atoms with Crippen LogP contribution in [0.5, 0.6) is 0 Å². The number of fused-ring (bicyclic) bond motifs is 1. The molecule has 2 heterocycles. The van der Waals surface area contributed by atoms with Gasteiger partial charge in [0.2, 0.25) is 11.8 Å². The summed E-state index contributed by atoms with van der Waals surface area (Å²) in [4.78, 5) is 31.2. The molecule has 2 aromatic rings. The van der Waals surface area contributed by atoms with Crippen LogP contribution in [0.25, 0.3) is 0 Å². The van der Waals surface area contributed by atoms with Crippen LogP contribution in [0, 0.1) is 17.6 Å². The SMILES string of the molecule is CC(C)C[C@H](C(=O)NCc1ccc(F)c(F)c1)N1CCC(CCc2ccccc2)N2C[C@H](N)C[C@H]2C1=O.Cl. The first kappa shape index (κ1) is 30.0. The predicted molar refractivity (Wildman–Crippen MR) is 147 cm³/mol. The number of amides is 2. The number of hydrogen-bond acceptors (Lipinski definition) is 4. The normalized spacial score (nSPS) is 22.5. The van der Waals surface area contributed by atoms with Gasteiger partial charge in [0.05, 0.1) is 6.04 Å². The van der Waals surface area contributed by atoms with Crippen molar-refractivity contribution in [2.24, 2.45) is 11.7 Å². The maximum absolute atomic E-state index is 13.8. The van der Waals surface area contributed by atoms with E-state index >= 15 is 0 Å². The topological polar surface area (TPSA) is 78.7 Å². The highest BCUT2D eigenvalue weighted by atomic mass is 35.5. The molecular formula is C29H39ClF2N4O2. The van der Waals surface area contributed by atoms with Gasteiger partial charge in [0, 0.05) is 31.7 Å². The Morgan fingerprint density at radius 1 is 1.11 bits per heavy atom. The minimum absolute atomic E-state index is 0. The molecule has 2 aliphatic rings. The zero-order valence-electron chi connectivity index (χ0n) is 22.1. The lowest BCUT2D eigenvalue weighted by Gasteiger charge is -2.33. The highest BCUT2D eigenvalue weighted by Gasteiger charge is 2.45. The lowest BCUT2D eigenvalue weighted by atomic mass is 9.99. The summed E-state index contributed by atoms with van der Waals surface area (Å²) in [6.07, 6.45) is 3.71. The van der Waals surface area contributed by atoms with Gasteiger partial charge in [-0.25, -0.2) is 8.78 Å². The molecule has 0 aliphatic carbocycles. The minimum Gasteiger partial charge on any atom is -0.350 e. The summed E-state index contributed by atoms with van der Waals surface area (Å²) >= 11 is 0. The third-order valence-corrected chi connectivity index (χ3v) is 7.55. The molecule has 9 heteroatoms. The van der Waals surface area contributed by atoms with E-state index in [0.717, 1.165) is 31.4 Å². The van der Waals surface area contributed by atoms with Crippen molar-refractivity contribution in [3.63, 3.8) is 0 Å². The van der Waals surface area contributed by atoms with Gasteiger partial charge in [0.15, 0.2) is 11.6 Å². The van der Waals surface area contributed by atoms with Crippen LogP contribution < -0.4 is 11.1 Å². The number of aryl methyl sites for hydroxylation is 1. The first-order valence-electron chi connectivity index (χ1n) is 13.3. The van der Waals surface area contributed by atoms with Gasteiger partial charge in [0.1, 0.15) is 6.04 Å². The molecule has 2 saturated heterocycles. The molecule has 1 unspecified atom stereocenters. The van der Waals surface area contributed by atoms with Gasteiger partial charge in [0.25, 0.3) is 0 Å². The van der Waals surface area contributed by atoms with Gasteiger partial charge >= 0.3 is 0 Å². The van der Waals surface area contributed by atoms with Gasteiger partial charge in [-0.2, -0.15) is 0 Å². The van der Waals surface area contributed by atoms with Crippen LogP contribution in [0.2, 0.25) is 0 Å². The monoisotopic (exact) mass is 548 g/mol. The molecule has 2 fully saturated rings. The number of nitrogens with one attached hydrogen (secondary N) is 1. The zero-order chi connectivity index (χ0) is 26.5. The van der Waals surface area contributed by atoms with Crippen molar-refractivity contribution in [2.45, 2.75) is 76.7 Å². The van der Waals surface area contributed by atoms with Crippen LogP contribution in [-0.4, -0.2) is 58.9 Å². The van der Waals surface area contributed by atoms with Gasteiger partial charge < -0.3 is 16.0 Å². The first-order chi connectivity index (χ1) is 17.7. The van der Waals surface area contributed by atoms with Crippen LogP contribution in [0.1, 0.15) is 50.7 Å². The average Bonchev–Trinajstić information content (AvgIpc) is 3.22. The summed E-state index contributed by atoms with van der Waals surface area (Å²) in [5.74, 6) is -2.01. The second-order valence-corrected chi connectivity index (χ2v) is 10.8. The van der Waals surface area contributed by atoms with Crippen molar-refractivity contribution in [3.8, 4) is 0 Å². The van der Waals surface area contributed by atoms with Crippen LogP contribution in [-0.2, 0) is 22.6 Å². The Morgan fingerprint density at radius 2 is 1.84 bits per heavy atom. The Morgan fingerprint density at radius 3 is 2.53 bits per heavy atom. The molecule has 6 nitrogen and oxygen atoms in total. The molecule has 4 rings (SSSR count). The fraction of sp³-hybridized carbons (Fsp3) is 0.517. The molecule has 0 bridgehead atoms. The summed E-state index contributed by atoms with van der Waals surface area (Å²) in [5.41, 5.74) is 8.06. The van der Waals surface area contributed by atoms with Crippen LogP contribution in [0.3, 0.4) is 0 Å². The van der Waals surface area contributed by atoms with E-state index in [1.165, 1.54) is 11.6 Å². The fourth-order valence-electron chi connectivity index (χ4n) is 5.67. The number of nitrogens with zero attached hydrogens (tertiary/aromatic N) is 2. The van der Waals surface area contributed by atoms with E-state index in [2.05, 4.69) is 22.3 Å². The van der Waals surface area contributed by atoms with Gasteiger partial charge in [-0.3, -0.25) is 14.5 Å². The molecule has 2 amide bonds. The predicted octanol–water partition coefficient (Wildman–Crippen LogP) is 4.05.